The molecule has 0 aromatic rings. The Morgan fingerprint density at radius 3 is 2.47 bits per heavy atom. The number of allylic oxidation sites excluding steroid dienone is 2. The minimum absolute atomic E-state index is 0.499. The summed E-state index contributed by atoms with van der Waals surface area (Å²) in [4.78, 5) is 0. The van der Waals surface area contributed by atoms with Crippen LogP contribution in [0.5, 0.6) is 0 Å². The Labute approximate surface area is 193 Å². The predicted octanol–water partition coefficient (Wildman–Crippen LogP) is 8.96. The van der Waals surface area contributed by atoms with E-state index in [2.05, 4.69) is 47.6 Å². The highest BCUT2D eigenvalue weighted by molar-refractivity contribution is 7.80. The van der Waals surface area contributed by atoms with Crippen molar-refractivity contribution < 1.29 is 0 Å². The van der Waals surface area contributed by atoms with E-state index in [1.807, 2.05) is 0 Å². The third-order valence-electron chi connectivity index (χ3n) is 11.3. The van der Waals surface area contributed by atoms with E-state index in [1.165, 1.54) is 70.6 Å². The molecule has 1 heteroatoms. The van der Waals surface area contributed by atoms with Crippen LogP contribution >= 0.6 is 12.6 Å². The Kier molecular flexibility index (Phi) is 6.82. The fraction of sp³-hybridized carbons (Fsp3) is 0.931. The second-order valence-corrected chi connectivity index (χ2v) is 13.6. The Morgan fingerprint density at radius 2 is 1.77 bits per heavy atom. The lowest BCUT2D eigenvalue weighted by molar-refractivity contribution is -0.0500. The number of thiol groups is 1. The highest BCUT2D eigenvalue weighted by Crippen LogP contribution is 2.67. The molecule has 9 atom stereocenters. The smallest absolute Gasteiger partial charge is 0.00545 e. The largest absolute Gasteiger partial charge is 0.176 e. The van der Waals surface area contributed by atoms with Gasteiger partial charge in [-0.15, -0.1) is 0 Å². The van der Waals surface area contributed by atoms with Crippen LogP contribution in [0.2, 0.25) is 0 Å². The Hall–Kier alpha value is 0.0900. The monoisotopic (exact) mass is 430 g/mol. The van der Waals surface area contributed by atoms with E-state index < -0.39 is 0 Å². The minimum atomic E-state index is 0.499. The molecule has 0 aromatic heterocycles. The molecule has 0 N–H and O–H groups in total. The van der Waals surface area contributed by atoms with E-state index in [-0.39, 0.29) is 0 Å². The molecule has 3 saturated carbocycles. The molecule has 0 spiro atoms. The van der Waals surface area contributed by atoms with E-state index in [0.717, 1.165) is 41.4 Å². The molecule has 0 aromatic carbocycles. The molecule has 30 heavy (non-hydrogen) atoms. The highest BCUT2D eigenvalue weighted by atomic mass is 32.1. The van der Waals surface area contributed by atoms with E-state index in [9.17, 15) is 0 Å². The van der Waals surface area contributed by atoms with Gasteiger partial charge in [-0.1, -0.05) is 66.0 Å². The van der Waals surface area contributed by atoms with Gasteiger partial charge in [0.2, 0.25) is 0 Å². The van der Waals surface area contributed by atoms with Crippen molar-refractivity contribution in [3.63, 3.8) is 0 Å². The zero-order valence-electron chi connectivity index (χ0n) is 20.9. The van der Waals surface area contributed by atoms with Gasteiger partial charge in [0, 0.05) is 5.25 Å². The summed E-state index contributed by atoms with van der Waals surface area (Å²) in [5, 5.41) is 0.615. The van der Waals surface area contributed by atoms with Gasteiger partial charge in [-0.25, -0.2) is 0 Å². The molecular weight excluding hydrogens is 380 g/mol. The summed E-state index contributed by atoms with van der Waals surface area (Å²) in [5.41, 5.74) is 2.90. The lowest BCUT2D eigenvalue weighted by Gasteiger charge is -2.58. The summed E-state index contributed by atoms with van der Waals surface area (Å²) in [6.45, 7) is 15.2. The van der Waals surface area contributed by atoms with Crippen LogP contribution in [0, 0.1) is 52.3 Å². The van der Waals surface area contributed by atoms with Crippen LogP contribution in [0.1, 0.15) is 112 Å². The van der Waals surface area contributed by atoms with E-state index in [0.29, 0.717) is 16.1 Å². The number of hydrogen-bond acceptors (Lipinski definition) is 1. The fourth-order valence-electron chi connectivity index (χ4n) is 9.30. The fourth-order valence-corrected chi connectivity index (χ4v) is 9.63. The normalized spacial score (nSPS) is 45.3. The maximum Gasteiger partial charge on any atom is 0.00545 e. The first-order chi connectivity index (χ1) is 14.2. The van der Waals surface area contributed by atoms with Crippen LogP contribution in [-0.2, 0) is 0 Å². The maximum atomic E-state index is 4.85. The van der Waals surface area contributed by atoms with Crippen molar-refractivity contribution in [1.82, 2.24) is 0 Å². The molecule has 0 amide bonds. The first-order valence-electron chi connectivity index (χ1n) is 13.6. The van der Waals surface area contributed by atoms with Crippen LogP contribution in [-0.4, -0.2) is 5.25 Å². The maximum absolute atomic E-state index is 4.85. The summed E-state index contributed by atoms with van der Waals surface area (Å²) < 4.78 is 0. The van der Waals surface area contributed by atoms with Crippen molar-refractivity contribution in [2.45, 2.75) is 117 Å². The molecule has 172 valence electrons. The molecule has 0 saturated heterocycles. The average Bonchev–Trinajstić information content (AvgIpc) is 3.06. The minimum Gasteiger partial charge on any atom is -0.176 e. The first kappa shape index (κ1) is 23.3. The molecule has 0 aliphatic heterocycles. The Balaban J connectivity index is 1.47. The van der Waals surface area contributed by atoms with Crippen molar-refractivity contribution in [1.29, 1.82) is 0 Å². The van der Waals surface area contributed by atoms with Gasteiger partial charge in [-0.2, -0.15) is 12.6 Å². The van der Waals surface area contributed by atoms with Gasteiger partial charge in [-0.05, 0) is 110 Å². The molecule has 0 radical (unpaired) electrons. The summed E-state index contributed by atoms with van der Waals surface area (Å²) in [6.07, 6.45) is 18.4. The zero-order valence-corrected chi connectivity index (χ0v) is 21.8. The quantitative estimate of drug-likeness (QED) is 0.315. The van der Waals surface area contributed by atoms with E-state index >= 15 is 0 Å². The van der Waals surface area contributed by atoms with Crippen molar-refractivity contribution in [3.8, 4) is 0 Å². The summed E-state index contributed by atoms with van der Waals surface area (Å²) in [7, 11) is 0. The van der Waals surface area contributed by atoms with E-state index in [1.54, 1.807) is 5.57 Å². The van der Waals surface area contributed by atoms with Crippen molar-refractivity contribution in [2.24, 2.45) is 52.3 Å². The topological polar surface area (TPSA) is 0 Å². The molecular formula is C29H50S. The Morgan fingerprint density at radius 1 is 1.00 bits per heavy atom. The van der Waals surface area contributed by atoms with Crippen molar-refractivity contribution in [2.75, 3.05) is 0 Å². The van der Waals surface area contributed by atoms with Gasteiger partial charge >= 0.3 is 0 Å². The number of hydrogen-bond donors (Lipinski definition) is 1. The van der Waals surface area contributed by atoms with Crippen LogP contribution in [0.25, 0.3) is 0 Å². The molecule has 0 nitrogen and oxygen atoms in total. The van der Waals surface area contributed by atoms with Gasteiger partial charge < -0.3 is 0 Å². The molecule has 0 unspecified atom stereocenters. The highest BCUT2D eigenvalue weighted by Gasteiger charge is 2.59. The molecule has 4 aliphatic rings. The van der Waals surface area contributed by atoms with Crippen LogP contribution in [0.3, 0.4) is 0 Å². The lowest BCUT2D eigenvalue weighted by Crippen LogP contribution is -2.50. The molecule has 3 fully saturated rings. The van der Waals surface area contributed by atoms with Crippen LogP contribution in [0.4, 0.5) is 0 Å². The predicted molar refractivity (Wildman–Crippen MR) is 135 cm³/mol. The molecule has 0 heterocycles. The van der Waals surface area contributed by atoms with Gasteiger partial charge in [0.25, 0.3) is 0 Å². The van der Waals surface area contributed by atoms with Gasteiger partial charge in [0.05, 0.1) is 0 Å². The summed E-state index contributed by atoms with van der Waals surface area (Å²) in [6, 6.07) is 0. The SMILES string of the molecule is CC[C@H](CC[C@@H](C)[C@H]1CC[C@H]2[C@@H]3CC=C4C[C@@H](S)CC[C@]4(C)[C@H]3CC[C@]12C)C(C)C. The third-order valence-corrected chi connectivity index (χ3v) is 11.7. The van der Waals surface area contributed by atoms with Crippen LogP contribution in [0.15, 0.2) is 11.6 Å². The Bertz CT molecular complexity index is 634. The van der Waals surface area contributed by atoms with Crippen molar-refractivity contribution in [3.05, 3.63) is 11.6 Å². The number of rotatable bonds is 6. The van der Waals surface area contributed by atoms with Gasteiger partial charge in [-0.3, -0.25) is 0 Å². The first-order valence-corrected chi connectivity index (χ1v) is 14.1. The van der Waals surface area contributed by atoms with Gasteiger partial charge in [0.1, 0.15) is 0 Å². The van der Waals surface area contributed by atoms with Crippen molar-refractivity contribution >= 4 is 12.6 Å². The van der Waals surface area contributed by atoms with Gasteiger partial charge in [0.15, 0.2) is 0 Å². The molecule has 4 aliphatic carbocycles. The number of fused-ring (bicyclic) bond motifs is 5. The second-order valence-electron chi connectivity index (χ2n) is 12.9. The third kappa shape index (κ3) is 3.86. The molecule has 4 rings (SSSR count). The van der Waals surface area contributed by atoms with E-state index in [4.69, 9.17) is 12.6 Å². The zero-order chi connectivity index (χ0) is 21.7. The molecule has 0 bridgehead atoms. The lowest BCUT2D eigenvalue weighted by atomic mass is 9.47. The second kappa shape index (κ2) is 8.79. The summed E-state index contributed by atoms with van der Waals surface area (Å²) in [5.74, 6) is 6.56. The average molecular weight is 431 g/mol. The summed E-state index contributed by atoms with van der Waals surface area (Å²) >= 11 is 4.85. The van der Waals surface area contributed by atoms with Crippen LogP contribution < -0.4 is 0 Å². The standard InChI is InChI=1S/C29H50S/c1-7-21(19(2)3)9-8-20(4)25-12-13-26-24-11-10-22-18-23(30)14-16-28(22,5)27(24)15-17-29(25,26)6/h10,19-21,23-27,30H,7-9,11-18H2,1-6H3/t20-,21-,23+,24+,25-,26+,27+,28+,29-/m1/s1.